The number of rotatable bonds is 8. The maximum Gasteiger partial charge on any atom is 0.339 e. The van der Waals surface area contributed by atoms with E-state index in [1.54, 1.807) is 19.9 Å². The van der Waals surface area contributed by atoms with E-state index < -0.39 is 28.2 Å². The number of benzene rings is 1. The number of carbonyl (C=O) groups is 3. The Bertz CT molecular complexity index is 1050. The zero-order chi connectivity index (χ0) is 21.8. The van der Waals surface area contributed by atoms with Crippen molar-refractivity contribution in [3.8, 4) is 0 Å². The Labute approximate surface area is 169 Å². The zero-order valence-electron chi connectivity index (χ0n) is 16.7. The van der Waals surface area contributed by atoms with Crippen molar-refractivity contribution >= 4 is 27.6 Å². The average molecular weight is 421 g/mol. The smallest absolute Gasteiger partial charge is 0.339 e. The number of ketones is 1. The lowest BCUT2D eigenvalue weighted by molar-refractivity contribution is -0.140. The number of methoxy groups -OCH3 is 1. The van der Waals surface area contributed by atoms with E-state index in [2.05, 4.69) is 4.74 Å². The van der Waals surface area contributed by atoms with E-state index in [4.69, 9.17) is 4.74 Å². The van der Waals surface area contributed by atoms with Crippen LogP contribution in [0.15, 0.2) is 35.2 Å². The molecule has 0 aliphatic carbocycles. The number of nitrogens with zero attached hydrogens (tertiary/aromatic N) is 1. The Morgan fingerprint density at radius 3 is 2.34 bits per heavy atom. The first-order valence-corrected chi connectivity index (χ1v) is 10.7. The molecule has 29 heavy (non-hydrogen) atoms. The molecule has 0 radical (unpaired) electrons. The number of aryl methyl sites for hydroxylation is 1. The largest absolute Gasteiger partial charge is 0.469 e. The fourth-order valence-corrected chi connectivity index (χ4v) is 3.85. The molecule has 1 heterocycles. The molecular weight excluding hydrogens is 398 g/mol. The third-order valence-corrected chi connectivity index (χ3v) is 5.64. The third-order valence-electron chi connectivity index (χ3n) is 4.48. The number of carbonyl (C=O) groups excluding carboxylic acids is 3. The first kappa shape index (κ1) is 22.4. The lowest BCUT2D eigenvalue weighted by atomic mass is 10.1. The van der Waals surface area contributed by atoms with Gasteiger partial charge in [0.1, 0.15) is 0 Å². The van der Waals surface area contributed by atoms with Crippen LogP contribution in [0.1, 0.15) is 38.5 Å². The molecule has 0 aliphatic rings. The summed E-state index contributed by atoms with van der Waals surface area (Å²) in [5, 5.41) is 0. The number of esters is 2. The summed E-state index contributed by atoms with van der Waals surface area (Å²) >= 11 is 0. The van der Waals surface area contributed by atoms with Crippen LogP contribution >= 0.6 is 0 Å². The summed E-state index contributed by atoms with van der Waals surface area (Å²) < 4.78 is 35.1. The molecule has 8 nitrogen and oxygen atoms in total. The Morgan fingerprint density at radius 2 is 1.72 bits per heavy atom. The highest BCUT2D eigenvalue weighted by molar-refractivity contribution is 7.90. The van der Waals surface area contributed by atoms with Gasteiger partial charge in [0.2, 0.25) is 5.78 Å². The molecule has 0 unspecified atom stereocenters. The van der Waals surface area contributed by atoms with Crippen molar-refractivity contribution in [3.63, 3.8) is 0 Å². The average Bonchev–Trinajstić information content (AvgIpc) is 2.97. The van der Waals surface area contributed by atoms with Gasteiger partial charge in [0, 0.05) is 29.8 Å². The van der Waals surface area contributed by atoms with Crippen LogP contribution in [-0.2, 0) is 30.7 Å². The molecule has 0 spiro atoms. The molecule has 0 atom stereocenters. The predicted molar refractivity (Wildman–Crippen MR) is 105 cm³/mol. The number of hydrogen-bond donors (Lipinski definition) is 0. The van der Waals surface area contributed by atoms with Gasteiger partial charge in [-0.2, -0.15) is 0 Å². The minimum Gasteiger partial charge on any atom is -0.469 e. The first-order valence-electron chi connectivity index (χ1n) is 8.79. The fourth-order valence-electron chi connectivity index (χ4n) is 2.98. The Kier molecular flexibility index (Phi) is 6.97. The van der Waals surface area contributed by atoms with Crippen LogP contribution < -0.4 is 0 Å². The standard InChI is InChI=1S/C20H23NO7S/c1-13-11-16(14(2)21(13)10-9-19(23)27-3)17(22)12-28-20(24)15-7-5-6-8-18(15)29(4,25)26/h5-8,11H,9-10,12H2,1-4H3. The van der Waals surface area contributed by atoms with Crippen molar-refractivity contribution in [2.75, 3.05) is 20.0 Å². The van der Waals surface area contributed by atoms with Crippen LogP contribution in [0.25, 0.3) is 0 Å². The van der Waals surface area contributed by atoms with Gasteiger partial charge in [0.25, 0.3) is 0 Å². The maximum absolute atomic E-state index is 12.5. The fraction of sp³-hybridized carbons (Fsp3) is 0.350. The molecule has 0 saturated heterocycles. The van der Waals surface area contributed by atoms with Gasteiger partial charge in [-0.15, -0.1) is 0 Å². The zero-order valence-corrected chi connectivity index (χ0v) is 17.5. The van der Waals surface area contributed by atoms with E-state index in [1.165, 1.54) is 31.4 Å². The maximum atomic E-state index is 12.5. The summed E-state index contributed by atoms with van der Waals surface area (Å²) in [5.41, 5.74) is 1.68. The van der Waals surface area contributed by atoms with Crippen LogP contribution in [0.2, 0.25) is 0 Å². The normalized spacial score (nSPS) is 11.2. The molecule has 1 aromatic heterocycles. The quantitative estimate of drug-likeness (QED) is 0.474. The minimum absolute atomic E-state index is 0.119. The van der Waals surface area contributed by atoms with E-state index in [0.717, 1.165) is 11.9 Å². The molecule has 0 bridgehead atoms. The first-order chi connectivity index (χ1) is 13.6. The SMILES string of the molecule is COC(=O)CCn1c(C)cc(C(=O)COC(=O)c2ccccc2S(C)(=O)=O)c1C. The van der Waals surface area contributed by atoms with Gasteiger partial charge in [0.05, 0.1) is 24.0 Å². The summed E-state index contributed by atoms with van der Waals surface area (Å²) in [6.07, 6.45) is 1.16. The molecule has 0 aliphatic heterocycles. The molecular formula is C20H23NO7S. The molecule has 0 amide bonds. The predicted octanol–water partition coefficient (Wildman–Crippen LogP) is 2.11. The van der Waals surface area contributed by atoms with Gasteiger partial charge >= 0.3 is 11.9 Å². The molecule has 0 fully saturated rings. The monoisotopic (exact) mass is 421 g/mol. The van der Waals surface area contributed by atoms with E-state index in [0.29, 0.717) is 17.8 Å². The van der Waals surface area contributed by atoms with Crippen LogP contribution in [0.4, 0.5) is 0 Å². The van der Waals surface area contributed by atoms with Gasteiger partial charge in [-0.25, -0.2) is 13.2 Å². The van der Waals surface area contributed by atoms with E-state index in [9.17, 15) is 22.8 Å². The van der Waals surface area contributed by atoms with Crippen molar-refractivity contribution in [1.29, 1.82) is 0 Å². The summed E-state index contributed by atoms with van der Waals surface area (Å²) in [6, 6.07) is 7.32. The Morgan fingerprint density at radius 1 is 1.07 bits per heavy atom. The van der Waals surface area contributed by atoms with Crippen molar-refractivity contribution in [3.05, 3.63) is 52.8 Å². The highest BCUT2D eigenvalue weighted by Gasteiger charge is 2.22. The minimum atomic E-state index is -3.62. The van der Waals surface area contributed by atoms with E-state index in [1.807, 2.05) is 4.57 Å². The van der Waals surface area contributed by atoms with Crippen molar-refractivity contribution in [2.24, 2.45) is 0 Å². The number of aromatic nitrogens is 1. The van der Waals surface area contributed by atoms with Crippen LogP contribution in [0, 0.1) is 13.8 Å². The van der Waals surface area contributed by atoms with E-state index in [-0.39, 0.29) is 22.8 Å². The van der Waals surface area contributed by atoms with Gasteiger partial charge in [-0.05, 0) is 32.0 Å². The molecule has 1 aromatic carbocycles. The Hall–Kier alpha value is -2.94. The second kappa shape index (κ2) is 9.04. The number of hydrogen-bond acceptors (Lipinski definition) is 7. The highest BCUT2D eigenvalue weighted by Crippen LogP contribution is 2.19. The van der Waals surface area contributed by atoms with Crippen molar-refractivity contribution in [2.45, 2.75) is 31.7 Å². The summed E-state index contributed by atoms with van der Waals surface area (Å²) in [4.78, 5) is 36.1. The van der Waals surface area contributed by atoms with Gasteiger partial charge in [0.15, 0.2) is 16.4 Å². The van der Waals surface area contributed by atoms with Gasteiger partial charge < -0.3 is 14.0 Å². The highest BCUT2D eigenvalue weighted by atomic mass is 32.2. The van der Waals surface area contributed by atoms with Gasteiger partial charge in [-0.1, -0.05) is 12.1 Å². The molecule has 156 valence electrons. The lowest BCUT2D eigenvalue weighted by Crippen LogP contribution is -2.17. The molecule has 0 saturated carbocycles. The van der Waals surface area contributed by atoms with Gasteiger partial charge in [-0.3, -0.25) is 9.59 Å². The van der Waals surface area contributed by atoms with E-state index >= 15 is 0 Å². The van der Waals surface area contributed by atoms with Crippen molar-refractivity contribution < 1.29 is 32.3 Å². The second-order valence-corrected chi connectivity index (χ2v) is 8.51. The van der Waals surface area contributed by atoms with Crippen LogP contribution in [0.5, 0.6) is 0 Å². The van der Waals surface area contributed by atoms with Crippen molar-refractivity contribution in [1.82, 2.24) is 4.57 Å². The Balaban J connectivity index is 2.13. The lowest BCUT2D eigenvalue weighted by Gasteiger charge is -2.09. The molecule has 0 N–H and O–H groups in total. The molecule has 9 heteroatoms. The number of sulfone groups is 1. The summed E-state index contributed by atoms with van der Waals surface area (Å²) in [6.45, 7) is 3.37. The van der Waals surface area contributed by atoms with Crippen LogP contribution in [-0.4, -0.2) is 50.7 Å². The molecule has 2 rings (SSSR count). The van der Waals surface area contributed by atoms with Crippen LogP contribution in [0.3, 0.4) is 0 Å². The number of Topliss-reactive ketones (excluding diaryl/α,β-unsaturated/α-hetero) is 1. The second-order valence-electron chi connectivity index (χ2n) is 6.53. The summed E-state index contributed by atoms with van der Waals surface area (Å²) in [7, 11) is -2.31. The summed E-state index contributed by atoms with van der Waals surface area (Å²) in [5.74, 6) is -1.67. The third kappa shape index (κ3) is 5.32. The molecule has 2 aromatic rings. The number of ether oxygens (including phenoxy) is 2. The topological polar surface area (TPSA) is 109 Å².